The van der Waals surface area contributed by atoms with Gasteiger partial charge in [-0.25, -0.2) is 9.37 Å². The number of aliphatic hydroxyl groups excluding tert-OH is 1. The molecule has 0 radical (unpaired) electrons. The number of benzene rings is 1. The normalized spacial score (nSPS) is 19.1. The third-order valence-electron chi connectivity index (χ3n) is 3.15. The van der Waals surface area contributed by atoms with Crippen LogP contribution >= 0.6 is 0 Å². The summed E-state index contributed by atoms with van der Waals surface area (Å²) in [5.41, 5.74) is 1.72. The van der Waals surface area contributed by atoms with Crippen LogP contribution in [-0.2, 0) is 6.42 Å². The molecule has 2 aromatic rings. The summed E-state index contributed by atoms with van der Waals surface area (Å²) in [4.78, 5) is 4.30. The number of hydrogen-bond acceptors (Lipinski definition) is 2. The van der Waals surface area contributed by atoms with Crippen LogP contribution in [0.3, 0.4) is 0 Å². The molecule has 0 saturated carbocycles. The maximum absolute atomic E-state index is 13.2. The van der Waals surface area contributed by atoms with Gasteiger partial charge >= 0.3 is 0 Å². The molecule has 0 amide bonds. The smallest absolute Gasteiger partial charge is 0.142 e. The Balaban J connectivity index is 2.13. The summed E-state index contributed by atoms with van der Waals surface area (Å²) in [6.07, 6.45) is 3.84. The molecular formula is C13H13FN2O. The molecule has 1 aliphatic rings. The lowest BCUT2D eigenvalue weighted by Gasteiger charge is -2.22. The highest BCUT2D eigenvalue weighted by molar-refractivity contribution is 5.56. The first-order chi connectivity index (χ1) is 8.25. The van der Waals surface area contributed by atoms with E-state index in [0.717, 1.165) is 25.0 Å². The molecule has 3 rings (SSSR count). The Labute approximate surface area is 98.5 Å². The Kier molecular flexibility index (Phi) is 2.44. The van der Waals surface area contributed by atoms with Gasteiger partial charge in [0.15, 0.2) is 0 Å². The SMILES string of the molecule is OC1CCCc2cnc(-c3cccc(F)c3)n21. The van der Waals surface area contributed by atoms with E-state index in [1.165, 1.54) is 12.1 Å². The van der Waals surface area contributed by atoms with Crippen LogP contribution in [0.1, 0.15) is 24.8 Å². The predicted octanol–water partition coefficient (Wildman–Crippen LogP) is 2.52. The van der Waals surface area contributed by atoms with Crippen molar-refractivity contribution in [2.45, 2.75) is 25.5 Å². The number of hydrogen-bond donors (Lipinski definition) is 1. The first kappa shape index (κ1) is 10.5. The number of nitrogens with zero attached hydrogens (tertiary/aromatic N) is 2. The zero-order chi connectivity index (χ0) is 11.8. The van der Waals surface area contributed by atoms with Gasteiger partial charge in [0.05, 0.1) is 0 Å². The van der Waals surface area contributed by atoms with Gasteiger partial charge in [0.2, 0.25) is 0 Å². The highest BCUT2D eigenvalue weighted by Crippen LogP contribution is 2.29. The van der Waals surface area contributed by atoms with Gasteiger partial charge in [-0.15, -0.1) is 0 Å². The maximum Gasteiger partial charge on any atom is 0.142 e. The van der Waals surface area contributed by atoms with E-state index in [2.05, 4.69) is 4.98 Å². The lowest BCUT2D eigenvalue weighted by atomic mass is 10.1. The first-order valence-electron chi connectivity index (χ1n) is 5.76. The monoisotopic (exact) mass is 232 g/mol. The van der Waals surface area contributed by atoms with Crippen molar-refractivity contribution < 1.29 is 9.50 Å². The summed E-state index contributed by atoms with van der Waals surface area (Å²) in [6.45, 7) is 0. The molecule has 4 heteroatoms. The number of halogens is 1. The van der Waals surface area contributed by atoms with Gasteiger partial charge in [0.1, 0.15) is 17.9 Å². The van der Waals surface area contributed by atoms with Gasteiger partial charge in [-0.05, 0) is 31.4 Å². The van der Waals surface area contributed by atoms with Crippen molar-refractivity contribution in [1.82, 2.24) is 9.55 Å². The number of imidazole rings is 1. The minimum Gasteiger partial charge on any atom is -0.373 e. The van der Waals surface area contributed by atoms with Crippen LogP contribution in [0.25, 0.3) is 11.4 Å². The topological polar surface area (TPSA) is 38.1 Å². The highest BCUT2D eigenvalue weighted by atomic mass is 19.1. The molecule has 3 nitrogen and oxygen atoms in total. The van der Waals surface area contributed by atoms with Gasteiger partial charge in [-0.2, -0.15) is 0 Å². The molecule has 1 aromatic heterocycles. The summed E-state index contributed by atoms with van der Waals surface area (Å²) in [7, 11) is 0. The Hall–Kier alpha value is -1.68. The van der Waals surface area contributed by atoms with Crippen molar-refractivity contribution in [3.63, 3.8) is 0 Å². The third kappa shape index (κ3) is 1.74. The van der Waals surface area contributed by atoms with Gasteiger partial charge < -0.3 is 9.67 Å². The summed E-state index contributed by atoms with van der Waals surface area (Å²) in [5.74, 6) is 0.358. The van der Waals surface area contributed by atoms with E-state index in [-0.39, 0.29) is 5.82 Å². The Bertz CT molecular complexity index is 550. The van der Waals surface area contributed by atoms with Crippen LogP contribution in [0.15, 0.2) is 30.5 Å². The van der Waals surface area contributed by atoms with Crippen LogP contribution in [0.2, 0.25) is 0 Å². The number of aryl methyl sites for hydroxylation is 1. The molecule has 2 heterocycles. The largest absolute Gasteiger partial charge is 0.373 e. The number of aromatic nitrogens is 2. The molecule has 0 bridgehead atoms. The third-order valence-corrected chi connectivity index (χ3v) is 3.15. The second-order valence-electron chi connectivity index (χ2n) is 4.33. The fraction of sp³-hybridized carbons (Fsp3) is 0.308. The average Bonchev–Trinajstić information content (AvgIpc) is 2.74. The Morgan fingerprint density at radius 1 is 1.41 bits per heavy atom. The molecule has 1 N–H and O–H groups in total. The lowest BCUT2D eigenvalue weighted by Crippen LogP contribution is -2.17. The summed E-state index contributed by atoms with van der Waals surface area (Å²) < 4.78 is 15.0. The van der Waals surface area contributed by atoms with E-state index in [1.54, 1.807) is 22.9 Å². The number of rotatable bonds is 1. The van der Waals surface area contributed by atoms with E-state index < -0.39 is 6.23 Å². The van der Waals surface area contributed by atoms with Crippen molar-refractivity contribution in [3.8, 4) is 11.4 Å². The van der Waals surface area contributed by atoms with E-state index in [9.17, 15) is 9.50 Å². The second kappa shape index (κ2) is 3.96. The molecule has 1 unspecified atom stereocenters. The fourth-order valence-electron chi connectivity index (χ4n) is 2.35. The van der Waals surface area contributed by atoms with Gasteiger partial charge in [-0.3, -0.25) is 0 Å². The first-order valence-corrected chi connectivity index (χ1v) is 5.76. The highest BCUT2D eigenvalue weighted by Gasteiger charge is 2.21. The molecule has 88 valence electrons. The maximum atomic E-state index is 13.2. The van der Waals surface area contributed by atoms with Crippen molar-refractivity contribution in [2.75, 3.05) is 0 Å². The fourth-order valence-corrected chi connectivity index (χ4v) is 2.35. The summed E-state index contributed by atoms with van der Waals surface area (Å²) in [5, 5.41) is 9.99. The predicted molar refractivity (Wildman–Crippen MR) is 61.8 cm³/mol. The quantitative estimate of drug-likeness (QED) is 0.820. The molecule has 0 aliphatic carbocycles. The van der Waals surface area contributed by atoms with E-state index in [4.69, 9.17) is 0 Å². The van der Waals surface area contributed by atoms with Gasteiger partial charge in [0.25, 0.3) is 0 Å². The van der Waals surface area contributed by atoms with E-state index >= 15 is 0 Å². The van der Waals surface area contributed by atoms with Crippen LogP contribution in [0.4, 0.5) is 4.39 Å². The molecule has 1 aliphatic heterocycles. The van der Waals surface area contributed by atoms with Crippen LogP contribution in [-0.4, -0.2) is 14.7 Å². The Morgan fingerprint density at radius 3 is 3.12 bits per heavy atom. The van der Waals surface area contributed by atoms with E-state index in [1.807, 2.05) is 0 Å². The minimum atomic E-state index is -0.542. The van der Waals surface area contributed by atoms with Crippen LogP contribution < -0.4 is 0 Å². The zero-order valence-electron chi connectivity index (χ0n) is 9.31. The van der Waals surface area contributed by atoms with E-state index in [0.29, 0.717) is 11.4 Å². The van der Waals surface area contributed by atoms with Crippen LogP contribution in [0, 0.1) is 5.82 Å². The standard InChI is InChI=1S/C13H13FN2O/c14-10-4-1-3-9(7-10)13-15-8-11-5-2-6-12(17)16(11)13/h1,3-4,7-8,12,17H,2,5-6H2. The average molecular weight is 232 g/mol. The molecule has 0 saturated heterocycles. The second-order valence-corrected chi connectivity index (χ2v) is 4.33. The van der Waals surface area contributed by atoms with Crippen molar-refractivity contribution in [1.29, 1.82) is 0 Å². The zero-order valence-corrected chi connectivity index (χ0v) is 9.31. The molecule has 0 fully saturated rings. The van der Waals surface area contributed by atoms with Crippen LogP contribution in [0.5, 0.6) is 0 Å². The van der Waals surface area contributed by atoms with Crippen molar-refractivity contribution in [2.24, 2.45) is 0 Å². The van der Waals surface area contributed by atoms with Gasteiger partial charge in [0, 0.05) is 17.5 Å². The number of fused-ring (bicyclic) bond motifs is 1. The summed E-state index contributed by atoms with van der Waals surface area (Å²) in [6, 6.07) is 6.30. The number of aliphatic hydroxyl groups is 1. The van der Waals surface area contributed by atoms with Crippen molar-refractivity contribution >= 4 is 0 Å². The lowest BCUT2D eigenvalue weighted by molar-refractivity contribution is 0.0807. The molecular weight excluding hydrogens is 219 g/mol. The Morgan fingerprint density at radius 2 is 2.29 bits per heavy atom. The summed E-state index contributed by atoms with van der Waals surface area (Å²) >= 11 is 0. The molecule has 1 atom stereocenters. The molecule has 17 heavy (non-hydrogen) atoms. The molecule has 1 aromatic carbocycles. The van der Waals surface area contributed by atoms with Crippen molar-refractivity contribution in [3.05, 3.63) is 42.0 Å². The van der Waals surface area contributed by atoms with Gasteiger partial charge in [-0.1, -0.05) is 12.1 Å². The molecule has 0 spiro atoms. The minimum absolute atomic E-state index is 0.287.